The maximum atomic E-state index is 9.47. The van der Waals surface area contributed by atoms with Gasteiger partial charge in [0.2, 0.25) is 0 Å². The van der Waals surface area contributed by atoms with Gasteiger partial charge in [0.25, 0.3) is 0 Å². The van der Waals surface area contributed by atoms with Gasteiger partial charge in [0.1, 0.15) is 0 Å². The fourth-order valence-electron chi connectivity index (χ4n) is 2.52. The molecule has 0 saturated heterocycles. The number of hydrogen-bond acceptors (Lipinski definition) is 4. The van der Waals surface area contributed by atoms with Crippen molar-refractivity contribution in [2.75, 3.05) is 0 Å². The van der Waals surface area contributed by atoms with Crippen molar-refractivity contribution >= 4 is 0 Å². The van der Waals surface area contributed by atoms with Crippen molar-refractivity contribution in [1.82, 2.24) is 4.98 Å². The molecule has 1 aliphatic carbocycles. The molecule has 1 aromatic heterocycles. The van der Waals surface area contributed by atoms with Crippen LogP contribution in [0, 0.1) is 11.3 Å². The molecule has 0 fully saturated rings. The van der Waals surface area contributed by atoms with Gasteiger partial charge >= 0.3 is 0 Å². The van der Waals surface area contributed by atoms with Gasteiger partial charge in [-0.3, -0.25) is 10.7 Å². The largest absolute Gasteiger partial charge is 0.347 e. The molecule has 1 heterocycles. The number of ether oxygens (including phenoxy) is 1. The topological polar surface area (TPSA) is 71.9 Å². The van der Waals surface area contributed by atoms with Crippen LogP contribution in [0.15, 0.2) is 78.7 Å². The fourth-order valence-corrected chi connectivity index (χ4v) is 2.52. The van der Waals surface area contributed by atoms with Crippen molar-refractivity contribution in [3.05, 3.63) is 89.8 Å². The lowest BCUT2D eigenvalue weighted by molar-refractivity contribution is 0.0126. The Balaban J connectivity index is 1.79. The first-order valence-electron chi connectivity index (χ1n) is 7.40. The van der Waals surface area contributed by atoms with E-state index in [0.717, 1.165) is 11.1 Å². The van der Waals surface area contributed by atoms with Gasteiger partial charge in [-0.05, 0) is 29.3 Å². The van der Waals surface area contributed by atoms with E-state index < -0.39 is 5.72 Å². The van der Waals surface area contributed by atoms with E-state index in [1.807, 2.05) is 54.6 Å². The highest BCUT2D eigenvalue weighted by atomic mass is 16.5. The second kappa shape index (κ2) is 6.57. The first kappa shape index (κ1) is 15.2. The van der Waals surface area contributed by atoms with Crippen molar-refractivity contribution in [2.45, 2.75) is 18.2 Å². The second-order valence-corrected chi connectivity index (χ2v) is 5.42. The van der Waals surface area contributed by atoms with E-state index in [4.69, 9.17) is 10.5 Å². The van der Waals surface area contributed by atoms with Crippen LogP contribution in [0.4, 0.5) is 0 Å². The van der Waals surface area contributed by atoms with Crippen molar-refractivity contribution < 1.29 is 4.74 Å². The van der Waals surface area contributed by atoms with Crippen LogP contribution in [-0.2, 0) is 11.3 Å². The molecule has 0 aliphatic heterocycles. The summed E-state index contributed by atoms with van der Waals surface area (Å²) in [7, 11) is 0. The zero-order valence-corrected chi connectivity index (χ0v) is 12.6. The first-order chi connectivity index (χ1) is 11.2. The standard InChI is InChI=1S/C19H17N3O/c20-13-18-12-17(16-4-2-1-3-5-16)6-9-19(18,21)23-14-15-7-10-22-11-8-15/h1-12,17H,14,21H2. The summed E-state index contributed by atoms with van der Waals surface area (Å²) in [5.74, 6) is 0.0343. The number of nitrogens with two attached hydrogens (primary N) is 1. The molecule has 0 radical (unpaired) electrons. The zero-order valence-electron chi connectivity index (χ0n) is 12.6. The molecule has 0 spiro atoms. The van der Waals surface area contributed by atoms with Crippen molar-refractivity contribution in [2.24, 2.45) is 5.73 Å². The molecule has 0 bridgehead atoms. The quantitative estimate of drug-likeness (QED) is 0.696. The van der Waals surface area contributed by atoms with E-state index in [9.17, 15) is 5.26 Å². The van der Waals surface area contributed by atoms with Gasteiger partial charge in [0.15, 0.2) is 5.72 Å². The van der Waals surface area contributed by atoms with Gasteiger partial charge < -0.3 is 4.74 Å². The number of nitrogens with zero attached hydrogens (tertiary/aromatic N) is 2. The summed E-state index contributed by atoms with van der Waals surface area (Å²) in [6, 6.07) is 15.9. The number of hydrogen-bond donors (Lipinski definition) is 1. The second-order valence-electron chi connectivity index (χ2n) is 5.42. The third-order valence-corrected chi connectivity index (χ3v) is 3.85. The Morgan fingerprint density at radius 2 is 1.91 bits per heavy atom. The van der Waals surface area contributed by atoms with Gasteiger partial charge in [-0.15, -0.1) is 0 Å². The molecule has 2 atom stereocenters. The minimum atomic E-state index is -1.19. The Morgan fingerprint density at radius 3 is 2.61 bits per heavy atom. The molecule has 1 aromatic carbocycles. The molecule has 4 nitrogen and oxygen atoms in total. The zero-order chi connectivity index (χ0) is 16.1. The van der Waals surface area contributed by atoms with Crippen LogP contribution >= 0.6 is 0 Å². The van der Waals surface area contributed by atoms with E-state index >= 15 is 0 Å². The summed E-state index contributed by atoms with van der Waals surface area (Å²) in [6.07, 6.45) is 9.01. The Morgan fingerprint density at radius 1 is 1.17 bits per heavy atom. The van der Waals surface area contributed by atoms with Gasteiger partial charge in [-0.25, -0.2) is 0 Å². The summed E-state index contributed by atoms with van der Waals surface area (Å²) < 4.78 is 5.82. The molecule has 3 rings (SSSR count). The summed E-state index contributed by atoms with van der Waals surface area (Å²) in [5.41, 5.74) is 7.59. The number of allylic oxidation sites excluding steroid dienone is 2. The minimum Gasteiger partial charge on any atom is -0.347 e. The molecular formula is C19H17N3O. The fraction of sp³-hybridized carbons (Fsp3) is 0.158. The Labute approximate surface area is 135 Å². The predicted octanol–water partition coefficient (Wildman–Crippen LogP) is 3.06. The predicted molar refractivity (Wildman–Crippen MR) is 88.0 cm³/mol. The normalized spacial score (nSPS) is 23.1. The molecular weight excluding hydrogens is 286 g/mol. The lowest BCUT2D eigenvalue weighted by Gasteiger charge is -2.30. The molecule has 2 unspecified atom stereocenters. The van der Waals surface area contributed by atoms with Crippen LogP contribution in [0.1, 0.15) is 17.0 Å². The van der Waals surface area contributed by atoms with Crippen molar-refractivity contribution in [3.8, 4) is 6.07 Å². The molecule has 0 saturated carbocycles. The number of pyridine rings is 1. The number of nitriles is 1. The summed E-state index contributed by atoms with van der Waals surface area (Å²) in [6.45, 7) is 0.318. The van der Waals surface area contributed by atoms with Crippen LogP contribution < -0.4 is 5.73 Å². The number of rotatable bonds is 4. The summed E-state index contributed by atoms with van der Waals surface area (Å²) in [4.78, 5) is 3.97. The molecule has 2 N–H and O–H groups in total. The maximum Gasteiger partial charge on any atom is 0.172 e. The van der Waals surface area contributed by atoms with Gasteiger partial charge in [0, 0.05) is 18.3 Å². The highest BCUT2D eigenvalue weighted by Gasteiger charge is 2.32. The van der Waals surface area contributed by atoms with Crippen LogP contribution in [0.25, 0.3) is 0 Å². The SMILES string of the molecule is N#CC1=CC(c2ccccc2)C=CC1(N)OCc1ccncc1. The Bertz CT molecular complexity index is 762. The first-order valence-corrected chi connectivity index (χ1v) is 7.40. The third-order valence-electron chi connectivity index (χ3n) is 3.85. The molecule has 4 heteroatoms. The van der Waals surface area contributed by atoms with E-state index in [0.29, 0.717) is 12.2 Å². The van der Waals surface area contributed by atoms with Crippen molar-refractivity contribution in [1.29, 1.82) is 5.26 Å². The van der Waals surface area contributed by atoms with Gasteiger partial charge in [0.05, 0.1) is 18.2 Å². The van der Waals surface area contributed by atoms with Crippen LogP contribution in [-0.4, -0.2) is 10.7 Å². The Kier molecular flexibility index (Phi) is 4.33. The highest BCUT2D eigenvalue weighted by Crippen LogP contribution is 2.31. The molecule has 1 aliphatic rings. The Hall–Kier alpha value is -2.74. The lowest BCUT2D eigenvalue weighted by atomic mass is 9.87. The third kappa shape index (κ3) is 3.37. The summed E-state index contributed by atoms with van der Waals surface area (Å²) >= 11 is 0. The van der Waals surface area contributed by atoms with Crippen LogP contribution in [0.2, 0.25) is 0 Å². The number of aromatic nitrogens is 1. The van der Waals surface area contributed by atoms with E-state index in [2.05, 4.69) is 11.1 Å². The van der Waals surface area contributed by atoms with Crippen molar-refractivity contribution in [3.63, 3.8) is 0 Å². The monoisotopic (exact) mass is 303 g/mol. The average molecular weight is 303 g/mol. The van der Waals surface area contributed by atoms with E-state index in [1.54, 1.807) is 18.5 Å². The van der Waals surface area contributed by atoms with Crippen LogP contribution in [0.3, 0.4) is 0 Å². The maximum absolute atomic E-state index is 9.47. The van der Waals surface area contributed by atoms with Gasteiger partial charge in [-0.1, -0.05) is 42.5 Å². The van der Waals surface area contributed by atoms with E-state index in [-0.39, 0.29) is 5.92 Å². The molecule has 0 amide bonds. The lowest BCUT2D eigenvalue weighted by Crippen LogP contribution is -2.43. The highest BCUT2D eigenvalue weighted by molar-refractivity contribution is 5.45. The van der Waals surface area contributed by atoms with E-state index in [1.165, 1.54) is 0 Å². The smallest absolute Gasteiger partial charge is 0.172 e. The number of benzene rings is 1. The molecule has 2 aromatic rings. The van der Waals surface area contributed by atoms with Crippen LogP contribution in [0.5, 0.6) is 0 Å². The average Bonchev–Trinajstić information content (AvgIpc) is 2.62. The molecule has 23 heavy (non-hydrogen) atoms. The minimum absolute atomic E-state index is 0.0343. The van der Waals surface area contributed by atoms with Gasteiger partial charge in [-0.2, -0.15) is 5.26 Å². The molecule has 114 valence electrons. The summed E-state index contributed by atoms with van der Waals surface area (Å²) in [5, 5.41) is 9.47.